The van der Waals surface area contributed by atoms with Crippen LogP contribution in [0, 0.1) is 5.82 Å². The molecule has 0 saturated carbocycles. The van der Waals surface area contributed by atoms with E-state index in [2.05, 4.69) is 5.43 Å². The van der Waals surface area contributed by atoms with E-state index in [0.717, 1.165) is 12.8 Å². The number of hydrogen-bond acceptors (Lipinski definition) is 4. The van der Waals surface area contributed by atoms with Crippen LogP contribution < -0.4 is 16.0 Å². The van der Waals surface area contributed by atoms with Crippen molar-refractivity contribution in [2.45, 2.75) is 38.0 Å². The van der Waals surface area contributed by atoms with Gasteiger partial charge in [0.05, 0.1) is 25.4 Å². The highest BCUT2D eigenvalue weighted by molar-refractivity contribution is 5.31. The average molecular weight is 254 g/mol. The molecule has 5 heteroatoms. The van der Waals surface area contributed by atoms with E-state index in [-0.39, 0.29) is 24.1 Å². The van der Waals surface area contributed by atoms with Gasteiger partial charge in [-0.2, -0.15) is 0 Å². The van der Waals surface area contributed by atoms with Gasteiger partial charge in [-0.25, -0.2) is 4.39 Å². The highest BCUT2D eigenvalue weighted by Crippen LogP contribution is 2.31. The van der Waals surface area contributed by atoms with Gasteiger partial charge in [0.2, 0.25) is 0 Å². The minimum absolute atomic E-state index is 0.0899. The number of halogens is 1. The first-order chi connectivity index (χ1) is 8.65. The van der Waals surface area contributed by atoms with E-state index in [0.29, 0.717) is 11.3 Å². The Kier molecular flexibility index (Phi) is 4.16. The summed E-state index contributed by atoms with van der Waals surface area (Å²) in [6.07, 6.45) is 1.96. The quantitative estimate of drug-likeness (QED) is 0.636. The molecular weight excluding hydrogens is 235 g/mol. The molecule has 100 valence electrons. The molecule has 0 amide bonds. The van der Waals surface area contributed by atoms with Gasteiger partial charge in [0.1, 0.15) is 11.6 Å². The van der Waals surface area contributed by atoms with Gasteiger partial charge in [-0.1, -0.05) is 6.07 Å². The summed E-state index contributed by atoms with van der Waals surface area (Å²) in [4.78, 5) is 0. The fraction of sp³-hybridized carbons (Fsp3) is 0.538. The Morgan fingerprint density at radius 2 is 2.28 bits per heavy atom. The topological polar surface area (TPSA) is 56.5 Å². The van der Waals surface area contributed by atoms with Crippen LogP contribution in [-0.4, -0.2) is 19.3 Å². The van der Waals surface area contributed by atoms with Gasteiger partial charge in [0, 0.05) is 11.6 Å². The van der Waals surface area contributed by atoms with Crippen LogP contribution >= 0.6 is 0 Å². The molecule has 1 aromatic carbocycles. The molecule has 0 aromatic heterocycles. The summed E-state index contributed by atoms with van der Waals surface area (Å²) in [6, 6.07) is 4.44. The van der Waals surface area contributed by atoms with Crippen LogP contribution in [0.3, 0.4) is 0 Å². The Balaban J connectivity index is 2.22. The predicted molar refractivity (Wildman–Crippen MR) is 66.6 cm³/mol. The van der Waals surface area contributed by atoms with Crippen LogP contribution in [0.15, 0.2) is 18.2 Å². The van der Waals surface area contributed by atoms with E-state index in [4.69, 9.17) is 15.3 Å². The zero-order chi connectivity index (χ0) is 13.1. The summed E-state index contributed by atoms with van der Waals surface area (Å²) in [5.74, 6) is 5.70. The van der Waals surface area contributed by atoms with Gasteiger partial charge >= 0.3 is 0 Å². The third-order valence-electron chi connectivity index (χ3n) is 3.36. The lowest BCUT2D eigenvalue weighted by Gasteiger charge is -2.23. The van der Waals surface area contributed by atoms with E-state index in [1.807, 2.05) is 6.92 Å². The molecule has 1 aliphatic heterocycles. The number of ether oxygens (including phenoxy) is 2. The maximum atomic E-state index is 14.0. The lowest BCUT2D eigenvalue weighted by atomic mass is 9.99. The molecule has 0 radical (unpaired) electrons. The molecule has 3 unspecified atom stereocenters. The van der Waals surface area contributed by atoms with Crippen molar-refractivity contribution in [2.75, 3.05) is 7.11 Å². The molecule has 1 saturated heterocycles. The first-order valence-electron chi connectivity index (χ1n) is 6.10. The number of benzene rings is 1. The highest BCUT2D eigenvalue weighted by Gasteiger charge is 2.31. The highest BCUT2D eigenvalue weighted by atomic mass is 19.1. The summed E-state index contributed by atoms with van der Waals surface area (Å²) >= 11 is 0. The second kappa shape index (κ2) is 5.65. The van der Waals surface area contributed by atoms with Crippen molar-refractivity contribution in [1.82, 2.24) is 5.43 Å². The molecule has 18 heavy (non-hydrogen) atoms. The standard InChI is InChI=1S/C13H19FN2O2/c1-8-3-6-12(18-8)13(16-15)10-5-4-9(17-2)7-11(10)14/h4-5,7-8,12-13,16H,3,6,15H2,1-2H3. The number of rotatable bonds is 4. The van der Waals surface area contributed by atoms with Gasteiger partial charge in [0.15, 0.2) is 0 Å². The molecule has 0 aliphatic carbocycles. The van der Waals surface area contributed by atoms with E-state index in [1.165, 1.54) is 13.2 Å². The molecule has 2 rings (SSSR count). The van der Waals surface area contributed by atoms with E-state index in [1.54, 1.807) is 12.1 Å². The number of hydrogen-bond donors (Lipinski definition) is 2. The lowest BCUT2D eigenvalue weighted by Crippen LogP contribution is -2.37. The zero-order valence-corrected chi connectivity index (χ0v) is 10.7. The Hall–Kier alpha value is -1.17. The van der Waals surface area contributed by atoms with Crippen LogP contribution in [0.1, 0.15) is 31.4 Å². The fourth-order valence-corrected chi connectivity index (χ4v) is 2.36. The number of nitrogens with two attached hydrogens (primary N) is 1. The van der Waals surface area contributed by atoms with Crippen molar-refractivity contribution in [3.63, 3.8) is 0 Å². The van der Waals surface area contributed by atoms with Crippen molar-refractivity contribution in [2.24, 2.45) is 5.84 Å². The summed E-state index contributed by atoms with van der Waals surface area (Å²) in [5.41, 5.74) is 3.16. The maximum Gasteiger partial charge on any atom is 0.131 e. The first-order valence-corrected chi connectivity index (χ1v) is 6.10. The van der Waals surface area contributed by atoms with Crippen molar-refractivity contribution in [3.05, 3.63) is 29.6 Å². The molecule has 1 fully saturated rings. The van der Waals surface area contributed by atoms with Crippen LogP contribution in [0.4, 0.5) is 4.39 Å². The normalized spacial score (nSPS) is 25.1. The van der Waals surface area contributed by atoms with Gasteiger partial charge in [-0.15, -0.1) is 0 Å². The van der Waals surface area contributed by atoms with Crippen LogP contribution in [0.5, 0.6) is 5.75 Å². The van der Waals surface area contributed by atoms with E-state index < -0.39 is 0 Å². The summed E-state index contributed by atoms with van der Waals surface area (Å²) in [7, 11) is 1.51. The Morgan fingerprint density at radius 1 is 1.50 bits per heavy atom. The molecule has 1 heterocycles. The number of nitrogens with one attached hydrogen (secondary N) is 1. The van der Waals surface area contributed by atoms with Gasteiger partial charge in [-0.3, -0.25) is 11.3 Å². The van der Waals surface area contributed by atoms with Crippen molar-refractivity contribution >= 4 is 0 Å². The fourth-order valence-electron chi connectivity index (χ4n) is 2.36. The largest absolute Gasteiger partial charge is 0.497 e. The second-order valence-electron chi connectivity index (χ2n) is 4.59. The summed E-state index contributed by atoms with van der Waals surface area (Å²) < 4.78 is 24.7. The van der Waals surface area contributed by atoms with E-state index >= 15 is 0 Å². The molecular formula is C13H19FN2O2. The molecule has 3 atom stereocenters. The first kappa shape index (κ1) is 13.3. The SMILES string of the molecule is COc1ccc(C(NN)C2CCC(C)O2)c(F)c1. The Labute approximate surface area is 106 Å². The van der Waals surface area contributed by atoms with E-state index in [9.17, 15) is 4.39 Å². The van der Waals surface area contributed by atoms with Crippen molar-refractivity contribution < 1.29 is 13.9 Å². The van der Waals surface area contributed by atoms with Gasteiger partial charge in [-0.05, 0) is 25.8 Å². The monoisotopic (exact) mass is 254 g/mol. The molecule has 1 aliphatic rings. The summed E-state index contributed by atoms with van der Waals surface area (Å²) in [6.45, 7) is 2.01. The summed E-state index contributed by atoms with van der Waals surface area (Å²) in [5, 5.41) is 0. The molecule has 0 spiro atoms. The van der Waals surface area contributed by atoms with Crippen LogP contribution in [-0.2, 0) is 4.74 Å². The van der Waals surface area contributed by atoms with Crippen LogP contribution in [0.2, 0.25) is 0 Å². The van der Waals surface area contributed by atoms with Crippen LogP contribution in [0.25, 0.3) is 0 Å². The molecule has 1 aromatic rings. The number of hydrazine groups is 1. The number of methoxy groups -OCH3 is 1. The second-order valence-corrected chi connectivity index (χ2v) is 4.59. The van der Waals surface area contributed by atoms with Gasteiger partial charge in [0.25, 0.3) is 0 Å². The zero-order valence-electron chi connectivity index (χ0n) is 10.7. The van der Waals surface area contributed by atoms with Crippen molar-refractivity contribution in [1.29, 1.82) is 0 Å². The molecule has 3 N–H and O–H groups in total. The maximum absolute atomic E-state index is 14.0. The Bertz CT molecular complexity index is 414. The molecule has 0 bridgehead atoms. The Morgan fingerprint density at radius 3 is 2.78 bits per heavy atom. The van der Waals surface area contributed by atoms with Gasteiger partial charge < -0.3 is 9.47 Å². The smallest absolute Gasteiger partial charge is 0.131 e. The van der Waals surface area contributed by atoms with Crippen molar-refractivity contribution in [3.8, 4) is 5.75 Å². The lowest BCUT2D eigenvalue weighted by molar-refractivity contribution is 0.0308. The minimum atomic E-state index is -0.333. The minimum Gasteiger partial charge on any atom is -0.497 e. The average Bonchev–Trinajstić information content (AvgIpc) is 2.78. The molecule has 4 nitrogen and oxygen atoms in total. The predicted octanol–water partition coefficient (Wildman–Crippen LogP) is 1.91. The third kappa shape index (κ3) is 2.63. The third-order valence-corrected chi connectivity index (χ3v) is 3.36.